The van der Waals surface area contributed by atoms with Crippen LogP contribution in [0.1, 0.15) is 0 Å². The molecule has 0 aliphatic heterocycles. The van der Waals surface area contributed by atoms with E-state index in [0.29, 0.717) is 0 Å². The summed E-state index contributed by atoms with van der Waals surface area (Å²) in [5, 5.41) is 0. The molecule has 0 aliphatic carbocycles. The van der Waals surface area contributed by atoms with Crippen molar-refractivity contribution in [3.05, 3.63) is 0 Å². The number of rotatable bonds is 0. The van der Waals surface area contributed by atoms with Gasteiger partial charge in [0.2, 0.25) is 0 Å². The monoisotopic (exact) mass is 238 g/mol. The molecule has 1 nitrogen and oxygen atoms in total. The molecule has 0 aliphatic rings. The topological polar surface area (TPSA) is 28.5 Å². The van der Waals surface area contributed by atoms with Crippen molar-refractivity contribution in [2.24, 2.45) is 0 Å². The van der Waals surface area contributed by atoms with Crippen molar-refractivity contribution in [3.63, 3.8) is 0 Å². The molecule has 0 amide bonds. The Morgan fingerprint density at radius 1 is 1.00 bits per heavy atom. The first-order valence-electron chi connectivity index (χ1n) is 0. The summed E-state index contributed by atoms with van der Waals surface area (Å²) in [5.74, 6) is 0. The second-order valence-corrected chi connectivity index (χ2v) is 0. The van der Waals surface area contributed by atoms with Gasteiger partial charge in [-0.05, 0) is 0 Å². The van der Waals surface area contributed by atoms with E-state index in [2.05, 4.69) is 0 Å². The first-order valence-corrected chi connectivity index (χ1v) is 0. The van der Waals surface area contributed by atoms with E-state index in [0.717, 1.165) is 0 Å². The van der Waals surface area contributed by atoms with Crippen molar-refractivity contribution in [2.75, 3.05) is 0 Å². The van der Waals surface area contributed by atoms with E-state index in [1.807, 2.05) is 0 Å². The van der Waals surface area contributed by atoms with Gasteiger partial charge in [-0.2, -0.15) is 0 Å². The van der Waals surface area contributed by atoms with Crippen LogP contribution in [0, 0.1) is 40.8 Å². The Bertz CT molecular complexity index is 8.00. The molecule has 0 rings (SSSR count). The van der Waals surface area contributed by atoms with Crippen LogP contribution < -0.4 is 0 Å². The van der Waals surface area contributed by atoms with Gasteiger partial charge in [0, 0.05) is 0 Å². The summed E-state index contributed by atoms with van der Waals surface area (Å²) in [4.78, 5) is 0. The van der Waals surface area contributed by atoms with Crippen LogP contribution in [0.4, 0.5) is 0 Å². The molecule has 0 heterocycles. The zero-order chi connectivity index (χ0) is 0. The summed E-state index contributed by atoms with van der Waals surface area (Å²) in [5.41, 5.74) is 0. The van der Waals surface area contributed by atoms with E-state index in [1.165, 1.54) is 0 Å². The molecule has 0 bridgehead atoms. The third-order valence-corrected chi connectivity index (χ3v) is 0. The van der Waals surface area contributed by atoms with Crippen LogP contribution in [0.5, 0.6) is 0 Å². The minimum Gasteiger partial charge on any atom is -2.00 e. The molecule has 0 atom stereocenters. The van der Waals surface area contributed by atoms with Crippen LogP contribution in [-0.4, -0.2) is 23.1 Å². The largest absolute Gasteiger partial charge is 3.00 e. The first-order chi connectivity index (χ1) is 0. The molecule has 4 heavy (non-hydrogen) atoms. The van der Waals surface area contributed by atoms with Gasteiger partial charge in [0.25, 0.3) is 0 Å². The Kier molecular flexibility index (Phi) is 134. The van der Waals surface area contributed by atoms with Gasteiger partial charge in [0.15, 0.2) is 0 Å². The quantitative estimate of drug-likeness (QED) is 0.511. The molecule has 0 saturated heterocycles. The second-order valence-electron chi connectivity index (χ2n) is 0. The summed E-state index contributed by atoms with van der Waals surface area (Å²) in [6, 6.07) is 0. The minimum absolute atomic E-state index is 0. The van der Waals surface area contributed by atoms with Crippen molar-refractivity contribution >= 4 is 23.1 Å². The van der Waals surface area contributed by atoms with Gasteiger partial charge in [-0.25, -0.2) is 0 Å². The molecule has 1 radical (unpaired) electrons. The van der Waals surface area contributed by atoms with Gasteiger partial charge >= 0.3 is 81.0 Å². The van der Waals surface area contributed by atoms with Gasteiger partial charge < -0.3 is 5.48 Å². The Morgan fingerprint density at radius 2 is 1.00 bits per heavy atom. The van der Waals surface area contributed by atoms with Gasteiger partial charge in [-0.1, -0.05) is 0 Å². The maximum Gasteiger partial charge on any atom is 3.00 e. The summed E-state index contributed by atoms with van der Waals surface area (Å²) in [6.45, 7) is 0. The maximum absolute atomic E-state index is 0. The summed E-state index contributed by atoms with van der Waals surface area (Å²) >= 11 is 0. The fourth-order valence-electron chi connectivity index (χ4n) is 0. The minimum atomic E-state index is 0. The van der Waals surface area contributed by atoms with E-state index in [1.54, 1.807) is 0 Å². The van der Waals surface area contributed by atoms with Crippen molar-refractivity contribution in [2.45, 2.75) is 0 Å². The standard InChI is InChI=1S/Fe.Mg.Nd.O/q2*+2;+3;-2. The van der Waals surface area contributed by atoms with Crippen LogP contribution in [0.25, 0.3) is 0 Å². The van der Waals surface area contributed by atoms with Gasteiger partial charge in [-0.15, -0.1) is 0 Å². The summed E-state index contributed by atoms with van der Waals surface area (Å²) in [6.07, 6.45) is 0. The Balaban J connectivity index is 0. The van der Waals surface area contributed by atoms with E-state index < -0.39 is 0 Å². The van der Waals surface area contributed by atoms with E-state index in [4.69, 9.17) is 0 Å². The fraction of sp³-hybridized carbons (Fsp3) is 0. The molecule has 0 aromatic heterocycles. The van der Waals surface area contributed by atoms with Crippen LogP contribution in [0.15, 0.2) is 0 Å². The molecule has 0 N–H and O–H groups in total. The molecular formula is FeMgNdO+5. The summed E-state index contributed by atoms with van der Waals surface area (Å²) in [7, 11) is 0. The number of hydrogen-bond donors (Lipinski definition) is 0. The molecule has 0 aromatic carbocycles. The third kappa shape index (κ3) is 8.82. The van der Waals surface area contributed by atoms with Crippen molar-refractivity contribution in [3.8, 4) is 0 Å². The molecule has 0 spiro atoms. The third-order valence-electron chi connectivity index (χ3n) is 0. The zero-order valence-corrected chi connectivity index (χ0v) is 7.70. The molecular weight excluding hydrogens is 240 g/mol. The first kappa shape index (κ1) is 30.6. The zero-order valence-electron chi connectivity index (χ0n) is 1.97. The smallest absolute Gasteiger partial charge is 2.00 e. The van der Waals surface area contributed by atoms with Crippen LogP contribution >= 0.6 is 0 Å². The fourth-order valence-corrected chi connectivity index (χ4v) is 0. The molecule has 0 fully saturated rings. The Morgan fingerprint density at radius 3 is 1.00 bits per heavy atom. The van der Waals surface area contributed by atoms with Crippen LogP contribution in [-0.2, 0) is 22.5 Å². The average molecular weight is 240 g/mol. The normalized spacial score (nSPS) is 0. The van der Waals surface area contributed by atoms with E-state index in [9.17, 15) is 0 Å². The van der Waals surface area contributed by atoms with Crippen molar-refractivity contribution in [1.82, 2.24) is 0 Å². The Hall–Kier alpha value is 2.60. The Labute approximate surface area is 84.7 Å². The molecule has 0 unspecified atom stereocenters. The maximum atomic E-state index is 0. The van der Waals surface area contributed by atoms with Gasteiger partial charge in [-0.3, -0.25) is 0 Å². The van der Waals surface area contributed by atoms with Crippen LogP contribution in [0.3, 0.4) is 0 Å². The predicted octanol–water partition coefficient (Wildman–Crippen LogP) is -0.502. The van der Waals surface area contributed by atoms with Gasteiger partial charge in [0.05, 0.1) is 0 Å². The van der Waals surface area contributed by atoms with Crippen molar-refractivity contribution < 1.29 is 63.4 Å². The van der Waals surface area contributed by atoms with Crippen molar-refractivity contribution in [1.29, 1.82) is 0 Å². The predicted molar refractivity (Wildman–Crippen MR) is 6.44 cm³/mol. The molecule has 4 heteroatoms. The van der Waals surface area contributed by atoms with Crippen LogP contribution in [0.2, 0.25) is 0 Å². The van der Waals surface area contributed by atoms with Gasteiger partial charge in [0.1, 0.15) is 0 Å². The second kappa shape index (κ2) is 17.5. The number of hydrogen-bond acceptors (Lipinski definition) is 0. The van der Waals surface area contributed by atoms with E-state index >= 15 is 0 Å². The van der Waals surface area contributed by atoms with E-state index in [-0.39, 0.29) is 86.4 Å². The average Bonchev–Trinajstić information content (AvgIpc) is 0. The molecule has 0 aromatic rings. The molecule has 15 valence electrons. The molecule has 0 saturated carbocycles. The SMILES string of the molecule is [Fe+2].[Mg+2].[Nd+3].[O-2]. The summed E-state index contributed by atoms with van der Waals surface area (Å²) < 4.78 is 0.